The third-order valence-electron chi connectivity index (χ3n) is 1.77. The van der Waals surface area contributed by atoms with E-state index in [0.29, 0.717) is 10.8 Å². The number of carbonyl (C=O) groups is 1. The van der Waals surface area contributed by atoms with Crippen molar-refractivity contribution >= 4 is 17.6 Å². The van der Waals surface area contributed by atoms with E-state index >= 15 is 0 Å². The van der Waals surface area contributed by atoms with Gasteiger partial charge in [0.25, 0.3) is 0 Å². The second-order valence-electron chi connectivity index (χ2n) is 2.99. The zero-order chi connectivity index (χ0) is 10.7. The number of hydrogen-bond donors (Lipinski definition) is 0. The molecule has 1 rings (SSSR count). The van der Waals surface area contributed by atoms with E-state index in [2.05, 4.69) is 0 Å². The minimum Gasteiger partial charge on any atom is -0.546 e. The van der Waals surface area contributed by atoms with Gasteiger partial charge >= 0.3 is 29.6 Å². The summed E-state index contributed by atoms with van der Waals surface area (Å²) in [5, 5.41) is 11.0. The quantitative estimate of drug-likeness (QED) is 0.580. The van der Waals surface area contributed by atoms with Gasteiger partial charge in [-0.2, -0.15) is 0 Å². The first-order valence-electron chi connectivity index (χ1n) is 4.14. The second-order valence-corrected chi connectivity index (χ2v) is 3.43. The molecule has 0 saturated carbocycles. The van der Waals surface area contributed by atoms with Crippen LogP contribution in [0.1, 0.15) is 12.5 Å². The molecule has 0 amide bonds. The van der Waals surface area contributed by atoms with Crippen LogP contribution >= 0.6 is 11.6 Å². The SMILES string of the molecule is Cc1cc(Cl)ccc1O[C@H](C)C(=O)[O-].[Na+]. The third kappa shape index (κ3) is 4.43. The zero-order valence-electron chi connectivity index (χ0n) is 8.91. The van der Waals surface area contributed by atoms with E-state index in [1.165, 1.54) is 6.92 Å². The van der Waals surface area contributed by atoms with Gasteiger partial charge in [-0.25, -0.2) is 0 Å². The first kappa shape index (κ1) is 14.8. The van der Waals surface area contributed by atoms with E-state index in [1.54, 1.807) is 25.1 Å². The molecule has 0 radical (unpaired) electrons. The van der Waals surface area contributed by atoms with Crippen molar-refractivity contribution in [2.75, 3.05) is 0 Å². The van der Waals surface area contributed by atoms with Crippen molar-refractivity contribution < 1.29 is 44.2 Å². The van der Waals surface area contributed by atoms with Crippen LogP contribution in [0, 0.1) is 6.92 Å². The largest absolute Gasteiger partial charge is 1.00 e. The maximum atomic E-state index is 10.4. The smallest absolute Gasteiger partial charge is 0.546 e. The van der Waals surface area contributed by atoms with Gasteiger partial charge in [-0.15, -0.1) is 0 Å². The Morgan fingerprint density at radius 3 is 2.60 bits per heavy atom. The summed E-state index contributed by atoms with van der Waals surface area (Å²) in [6, 6.07) is 4.99. The number of benzene rings is 1. The molecule has 0 saturated heterocycles. The number of aliphatic carboxylic acids is 1. The zero-order valence-corrected chi connectivity index (χ0v) is 11.7. The summed E-state index contributed by atoms with van der Waals surface area (Å²) in [5.41, 5.74) is 0.797. The van der Waals surface area contributed by atoms with Gasteiger partial charge in [0.1, 0.15) is 11.9 Å². The molecule has 1 atom stereocenters. The number of hydrogen-bond acceptors (Lipinski definition) is 3. The first-order valence-corrected chi connectivity index (χ1v) is 4.52. The Hall–Kier alpha value is -0.220. The van der Waals surface area contributed by atoms with Gasteiger partial charge in [-0.05, 0) is 37.6 Å². The molecule has 1 aromatic carbocycles. The van der Waals surface area contributed by atoms with Crippen molar-refractivity contribution in [1.82, 2.24) is 0 Å². The van der Waals surface area contributed by atoms with E-state index in [9.17, 15) is 9.90 Å². The fourth-order valence-electron chi connectivity index (χ4n) is 0.984. The van der Waals surface area contributed by atoms with Crippen LogP contribution in [-0.2, 0) is 4.79 Å². The molecule has 5 heteroatoms. The fourth-order valence-corrected chi connectivity index (χ4v) is 1.21. The van der Waals surface area contributed by atoms with Gasteiger partial charge in [0.15, 0.2) is 0 Å². The van der Waals surface area contributed by atoms with Crippen molar-refractivity contribution in [2.24, 2.45) is 0 Å². The molecule has 76 valence electrons. The van der Waals surface area contributed by atoms with Crippen LogP contribution in [0.5, 0.6) is 5.75 Å². The molecule has 0 N–H and O–H groups in total. The van der Waals surface area contributed by atoms with E-state index in [1.807, 2.05) is 0 Å². The van der Waals surface area contributed by atoms with Crippen LogP contribution in [0.25, 0.3) is 0 Å². The number of halogens is 1. The van der Waals surface area contributed by atoms with Crippen molar-refractivity contribution in [1.29, 1.82) is 0 Å². The Kier molecular flexibility index (Phi) is 6.29. The summed E-state index contributed by atoms with van der Waals surface area (Å²) in [4.78, 5) is 10.4. The molecule has 0 aromatic heterocycles. The first-order chi connectivity index (χ1) is 6.50. The average molecular weight is 237 g/mol. The summed E-state index contributed by atoms with van der Waals surface area (Å²) in [5.74, 6) is -0.731. The summed E-state index contributed by atoms with van der Waals surface area (Å²) >= 11 is 5.73. The van der Waals surface area contributed by atoms with Crippen LogP contribution in [0.15, 0.2) is 18.2 Å². The third-order valence-corrected chi connectivity index (χ3v) is 2.01. The molecule has 0 bridgehead atoms. The van der Waals surface area contributed by atoms with Crippen molar-refractivity contribution in [3.63, 3.8) is 0 Å². The standard InChI is InChI=1S/C10H11ClO3.Na/c1-6-5-8(11)3-4-9(6)14-7(2)10(12)13;/h3-5,7H,1-2H3,(H,12,13);/q;+1/p-1/t7-;/m1./s1. The molecular formula is C10H10ClNaO3. The molecule has 0 aliphatic carbocycles. The van der Waals surface area contributed by atoms with Crippen LogP contribution in [0.4, 0.5) is 0 Å². The molecule has 0 spiro atoms. The molecule has 0 heterocycles. The maximum Gasteiger partial charge on any atom is 1.00 e. The molecule has 0 aliphatic rings. The predicted molar refractivity (Wildman–Crippen MR) is 51.3 cm³/mol. The summed E-state index contributed by atoms with van der Waals surface area (Å²) < 4.78 is 5.14. The Bertz CT molecular complexity index is 355. The van der Waals surface area contributed by atoms with Gasteiger partial charge < -0.3 is 14.6 Å². The van der Waals surface area contributed by atoms with Crippen LogP contribution in [0.2, 0.25) is 5.02 Å². The predicted octanol–water partition coefficient (Wildman–Crippen LogP) is -1.83. The van der Waals surface area contributed by atoms with Gasteiger partial charge in [-0.1, -0.05) is 11.6 Å². The number of ether oxygens (including phenoxy) is 1. The summed E-state index contributed by atoms with van der Waals surface area (Å²) in [7, 11) is 0. The second kappa shape index (κ2) is 6.38. The Labute approximate surface area is 116 Å². The summed E-state index contributed by atoms with van der Waals surface area (Å²) in [6.45, 7) is 3.21. The van der Waals surface area contributed by atoms with Gasteiger partial charge in [0, 0.05) is 5.02 Å². The van der Waals surface area contributed by atoms with E-state index in [4.69, 9.17) is 16.3 Å². The number of aryl methyl sites for hydroxylation is 1. The number of carboxylic acids is 1. The Balaban J connectivity index is 0.00000196. The maximum absolute atomic E-state index is 10.4. The van der Waals surface area contributed by atoms with Crippen molar-refractivity contribution in [3.05, 3.63) is 28.8 Å². The van der Waals surface area contributed by atoms with Crippen LogP contribution < -0.4 is 39.4 Å². The molecule has 1 aromatic rings. The normalized spacial score (nSPS) is 11.4. The molecular weight excluding hydrogens is 227 g/mol. The minimum absolute atomic E-state index is 0. The molecule has 15 heavy (non-hydrogen) atoms. The number of rotatable bonds is 3. The van der Waals surface area contributed by atoms with Gasteiger partial charge in [-0.3, -0.25) is 0 Å². The average Bonchev–Trinajstić information content (AvgIpc) is 2.09. The van der Waals surface area contributed by atoms with Crippen LogP contribution in [0.3, 0.4) is 0 Å². The van der Waals surface area contributed by atoms with E-state index in [-0.39, 0.29) is 29.6 Å². The van der Waals surface area contributed by atoms with Crippen molar-refractivity contribution in [2.45, 2.75) is 20.0 Å². The topological polar surface area (TPSA) is 49.4 Å². The van der Waals surface area contributed by atoms with Crippen LogP contribution in [-0.4, -0.2) is 12.1 Å². The summed E-state index contributed by atoms with van der Waals surface area (Å²) in [6.07, 6.45) is -0.963. The monoisotopic (exact) mass is 236 g/mol. The number of carboxylic acid groups (broad SMARTS) is 1. The molecule has 0 unspecified atom stereocenters. The number of carbonyl (C=O) groups excluding carboxylic acids is 1. The van der Waals surface area contributed by atoms with Gasteiger partial charge in [0.2, 0.25) is 0 Å². The Morgan fingerprint density at radius 1 is 1.53 bits per heavy atom. The molecule has 0 aliphatic heterocycles. The Morgan fingerprint density at radius 2 is 2.13 bits per heavy atom. The van der Waals surface area contributed by atoms with E-state index < -0.39 is 12.1 Å². The van der Waals surface area contributed by atoms with Gasteiger partial charge in [0.05, 0.1) is 5.97 Å². The molecule has 0 fully saturated rings. The molecule has 3 nitrogen and oxygen atoms in total. The van der Waals surface area contributed by atoms with Crippen molar-refractivity contribution in [3.8, 4) is 5.75 Å². The van der Waals surface area contributed by atoms with E-state index in [0.717, 1.165) is 5.56 Å². The fraction of sp³-hybridized carbons (Fsp3) is 0.300. The minimum atomic E-state index is -1.24.